The fraction of sp³-hybridized carbons (Fsp3) is 0.464. The maximum atomic E-state index is 14.1. The van der Waals surface area contributed by atoms with Crippen molar-refractivity contribution in [3.63, 3.8) is 0 Å². The Bertz CT molecular complexity index is 1540. The van der Waals surface area contributed by atoms with E-state index in [1.807, 2.05) is 42.6 Å². The minimum atomic E-state index is -3.88. The number of sulfone groups is 1. The summed E-state index contributed by atoms with van der Waals surface area (Å²) in [4.78, 5) is 4.66. The van der Waals surface area contributed by atoms with Crippen LogP contribution in [0.15, 0.2) is 48.8 Å². The van der Waals surface area contributed by atoms with Gasteiger partial charge in [-0.25, -0.2) is 13.4 Å². The molecule has 3 aromatic heterocycles. The highest BCUT2D eigenvalue weighted by Gasteiger charge is 2.37. The van der Waals surface area contributed by atoms with Gasteiger partial charge in [-0.1, -0.05) is 12.1 Å². The summed E-state index contributed by atoms with van der Waals surface area (Å²) in [6.45, 7) is 6.45. The van der Waals surface area contributed by atoms with Crippen LogP contribution in [0.2, 0.25) is 0 Å². The standard InChI is InChI=1S/C28H35N5O7S/c1-18(2)40-27(20-15-32-12-7-6-11-24(32)29-20)19(3)41(34,35)17-25-30-31-28(23-16-38-13-14-39-23)33(25)26-21(36-4)9-8-10-22(26)37-5/h6-12,15,18-19,23,27H,13-14,16-17H2,1-5H3/t19-,23-,27+/m1/s1. The second kappa shape index (κ2) is 12.1. The summed E-state index contributed by atoms with van der Waals surface area (Å²) in [6.07, 6.45) is 2.05. The van der Waals surface area contributed by atoms with E-state index in [0.717, 1.165) is 0 Å². The van der Waals surface area contributed by atoms with Crippen molar-refractivity contribution in [3.05, 3.63) is 66.1 Å². The van der Waals surface area contributed by atoms with Gasteiger partial charge in [0.05, 0.1) is 51.1 Å². The number of ether oxygens (including phenoxy) is 5. The zero-order valence-corrected chi connectivity index (χ0v) is 24.6. The van der Waals surface area contributed by atoms with E-state index in [1.165, 1.54) is 14.2 Å². The number of nitrogens with zero attached hydrogens (tertiary/aromatic N) is 5. The molecule has 220 valence electrons. The molecule has 1 aliphatic heterocycles. The molecule has 0 unspecified atom stereocenters. The molecule has 4 aromatic rings. The van der Waals surface area contributed by atoms with E-state index in [9.17, 15) is 8.42 Å². The Morgan fingerprint density at radius 1 is 1.02 bits per heavy atom. The van der Waals surface area contributed by atoms with E-state index < -0.39 is 33.0 Å². The lowest BCUT2D eigenvalue weighted by Crippen LogP contribution is -2.31. The predicted octanol–water partition coefficient (Wildman–Crippen LogP) is 3.49. The van der Waals surface area contributed by atoms with Crippen LogP contribution in [-0.2, 0) is 29.8 Å². The number of fused-ring (bicyclic) bond motifs is 1. The van der Waals surface area contributed by atoms with Gasteiger partial charge in [0.15, 0.2) is 21.5 Å². The minimum Gasteiger partial charge on any atom is -0.494 e. The van der Waals surface area contributed by atoms with Gasteiger partial charge in [-0.15, -0.1) is 10.2 Å². The highest BCUT2D eigenvalue weighted by molar-refractivity contribution is 7.91. The second-order valence-electron chi connectivity index (χ2n) is 10.0. The average Bonchev–Trinajstić information content (AvgIpc) is 3.59. The van der Waals surface area contributed by atoms with Crippen molar-refractivity contribution < 1.29 is 32.1 Å². The topological polar surface area (TPSA) is 128 Å². The first-order valence-corrected chi connectivity index (χ1v) is 15.1. The lowest BCUT2D eigenvalue weighted by atomic mass is 10.2. The fourth-order valence-corrected chi connectivity index (χ4v) is 6.26. The van der Waals surface area contributed by atoms with E-state index in [-0.39, 0.29) is 18.5 Å². The van der Waals surface area contributed by atoms with Crippen LogP contribution in [0.5, 0.6) is 11.5 Å². The van der Waals surface area contributed by atoms with Crippen molar-refractivity contribution in [2.75, 3.05) is 34.0 Å². The van der Waals surface area contributed by atoms with Crippen molar-refractivity contribution in [1.82, 2.24) is 24.1 Å². The first kappa shape index (κ1) is 29.0. The average molecular weight is 586 g/mol. The van der Waals surface area contributed by atoms with E-state index in [0.29, 0.717) is 47.6 Å². The number of benzene rings is 1. The number of imidazole rings is 1. The molecule has 1 aromatic carbocycles. The van der Waals surface area contributed by atoms with E-state index >= 15 is 0 Å². The third-order valence-electron chi connectivity index (χ3n) is 6.90. The minimum absolute atomic E-state index is 0.183. The predicted molar refractivity (Wildman–Crippen MR) is 150 cm³/mol. The SMILES string of the molecule is COc1cccc(OC)c1-n1c(CS(=O)(=O)[C@H](C)[C@H](OC(C)C)c2cn3ccccc3n2)nnc1[C@H]1COCCO1. The lowest BCUT2D eigenvalue weighted by molar-refractivity contribution is -0.0942. The number of methoxy groups -OCH3 is 2. The molecular formula is C28H35N5O7S. The summed E-state index contributed by atoms with van der Waals surface area (Å²) in [5, 5.41) is 7.76. The largest absolute Gasteiger partial charge is 0.494 e. The van der Waals surface area contributed by atoms with E-state index in [4.69, 9.17) is 23.7 Å². The van der Waals surface area contributed by atoms with Gasteiger partial charge in [-0.05, 0) is 45.0 Å². The number of pyridine rings is 1. The third-order valence-corrected chi connectivity index (χ3v) is 8.94. The Kier molecular flexibility index (Phi) is 8.59. The van der Waals surface area contributed by atoms with Crippen molar-refractivity contribution in [2.24, 2.45) is 0 Å². The monoisotopic (exact) mass is 585 g/mol. The summed E-state index contributed by atoms with van der Waals surface area (Å²) in [7, 11) is -0.819. The summed E-state index contributed by atoms with van der Waals surface area (Å²) >= 11 is 0. The molecule has 1 aliphatic rings. The van der Waals surface area contributed by atoms with Crippen LogP contribution < -0.4 is 9.47 Å². The molecule has 0 bridgehead atoms. The maximum Gasteiger partial charge on any atom is 0.169 e. The molecule has 41 heavy (non-hydrogen) atoms. The first-order chi connectivity index (χ1) is 19.7. The molecule has 0 spiro atoms. The van der Waals surface area contributed by atoms with Crippen LogP contribution in [0.1, 0.15) is 50.3 Å². The van der Waals surface area contributed by atoms with Gasteiger partial charge in [0.25, 0.3) is 0 Å². The Labute approximate surface area is 239 Å². The first-order valence-electron chi connectivity index (χ1n) is 13.4. The van der Waals surface area contributed by atoms with Crippen LogP contribution in [0, 0.1) is 0 Å². The van der Waals surface area contributed by atoms with E-state index in [1.54, 1.807) is 35.9 Å². The van der Waals surface area contributed by atoms with Crippen molar-refractivity contribution in [2.45, 2.75) is 50.1 Å². The zero-order valence-electron chi connectivity index (χ0n) is 23.8. The summed E-state index contributed by atoms with van der Waals surface area (Å²) < 4.78 is 60.6. The van der Waals surface area contributed by atoms with Crippen molar-refractivity contribution in [1.29, 1.82) is 0 Å². The summed E-state index contributed by atoms with van der Waals surface area (Å²) in [6, 6.07) is 10.9. The molecule has 1 saturated heterocycles. The molecular weight excluding hydrogens is 550 g/mol. The highest BCUT2D eigenvalue weighted by Crippen LogP contribution is 2.37. The number of rotatable bonds is 11. The Balaban J connectivity index is 1.57. The van der Waals surface area contributed by atoms with Crippen molar-refractivity contribution in [3.8, 4) is 17.2 Å². The van der Waals surface area contributed by atoms with Gasteiger partial charge in [-0.2, -0.15) is 0 Å². The van der Waals surface area contributed by atoms with Gasteiger partial charge < -0.3 is 28.1 Å². The molecule has 0 amide bonds. The third kappa shape index (κ3) is 5.94. The van der Waals surface area contributed by atoms with E-state index in [2.05, 4.69) is 15.2 Å². The Hall–Kier alpha value is -3.52. The van der Waals surface area contributed by atoms with Crippen LogP contribution in [-0.4, -0.2) is 78.0 Å². The van der Waals surface area contributed by atoms with Crippen LogP contribution in [0.4, 0.5) is 0 Å². The molecule has 3 atom stereocenters. The number of aromatic nitrogens is 5. The van der Waals surface area contributed by atoms with Gasteiger partial charge >= 0.3 is 0 Å². The molecule has 12 nitrogen and oxygen atoms in total. The molecule has 13 heteroatoms. The molecule has 4 heterocycles. The highest BCUT2D eigenvalue weighted by atomic mass is 32.2. The van der Waals surface area contributed by atoms with Crippen molar-refractivity contribution >= 4 is 15.5 Å². The van der Waals surface area contributed by atoms with Crippen LogP contribution in [0.3, 0.4) is 0 Å². The van der Waals surface area contributed by atoms with Crippen LogP contribution >= 0.6 is 0 Å². The quantitative estimate of drug-likeness (QED) is 0.258. The number of hydrogen-bond acceptors (Lipinski definition) is 10. The van der Waals surface area contributed by atoms with Gasteiger partial charge in [-0.3, -0.25) is 4.57 Å². The maximum absolute atomic E-state index is 14.1. The Morgan fingerprint density at radius 3 is 2.41 bits per heavy atom. The van der Waals surface area contributed by atoms with Crippen LogP contribution in [0.25, 0.3) is 11.3 Å². The smallest absolute Gasteiger partial charge is 0.169 e. The normalized spacial score (nSPS) is 17.6. The zero-order chi connectivity index (χ0) is 29.1. The molecule has 0 saturated carbocycles. The fourth-order valence-electron chi connectivity index (χ4n) is 4.87. The van der Waals surface area contributed by atoms with Gasteiger partial charge in [0, 0.05) is 12.4 Å². The van der Waals surface area contributed by atoms with Gasteiger partial charge in [0.1, 0.15) is 40.8 Å². The number of para-hydroxylation sites is 1. The second-order valence-corrected chi connectivity index (χ2v) is 12.4. The molecule has 0 radical (unpaired) electrons. The molecule has 5 rings (SSSR count). The lowest BCUT2D eigenvalue weighted by Gasteiger charge is -2.26. The van der Waals surface area contributed by atoms with Gasteiger partial charge in [0.2, 0.25) is 0 Å². The number of hydrogen-bond donors (Lipinski definition) is 0. The molecule has 0 aliphatic carbocycles. The summed E-state index contributed by atoms with van der Waals surface area (Å²) in [5.41, 5.74) is 1.70. The Morgan fingerprint density at radius 2 is 1.78 bits per heavy atom. The molecule has 0 N–H and O–H groups in total. The summed E-state index contributed by atoms with van der Waals surface area (Å²) in [5.74, 6) is 1.06. The molecule has 1 fully saturated rings.